The lowest BCUT2D eigenvalue weighted by Gasteiger charge is -2.19. The fraction of sp³-hybridized carbons (Fsp3) is 0.364. The molecule has 1 aromatic rings. The Morgan fingerprint density at radius 3 is 2.44 bits per heavy atom. The third-order valence-corrected chi connectivity index (χ3v) is 3.64. The van der Waals surface area contributed by atoms with Gasteiger partial charge >= 0.3 is 0 Å². The van der Waals surface area contributed by atoms with Gasteiger partial charge in [0.2, 0.25) is 0 Å². The molecular formula is C11H13NO3S. The summed E-state index contributed by atoms with van der Waals surface area (Å²) in [4.78, 5) is 22.2. The van der Waals surface area contributed by atoms with Crippen LogP contribution >= 0.6 is 11.8 Å². The second-order valence-electron chi connectivity index (χ2n) is 3.89. The number of nitro groups is 1. The average Bonchev–Trinajstić information content (AvgIpc) is 2.17. The molecule has 0 N–H and O–H groups in total. The Bertz CT molecular complexity index is 429. The summed E-state index contributed by atoms with van der Waals surface area (Å²) in [6, 6.07) is 6.44. The second-order valence-corrected chi connectivity index (χ2v) is 5.56. The summed E-state index contributed by atoms with van der Waals surface area (Å²) in [5.41, 5.74) is 0.0434. The number of Topliss-reactive ketones (excluding diaryl/α,β-unsaturated/α-hetero) is 1. The number of para-hydroxylation sites is 1. The Morgan fingerprint density at radius 2 is 1.94 bits per heavy atom. The number of ketones is 1. The van der Waals surface area contributed by atoms with E-state index in [0.29, 0.717) is 4.90 Å². The predicted molar refractivity (Wildman–Crippen MR) is 63.7 cm³/mol. The Balaban J connectivity index is 3.06. The van der Waals surface area contributed by atoms with Crippen molar-refractivity contribution in [2.24, 2.45) is 0 Å². The van der Waals surface area contributed by atoms with E-state index in [1.807, 2.05) is 0 Å². The SMILES string of the molecule is CC(=O)C(C)(C)Sc1ccccc1[N+](=O)[O-]. The van der Waals surface area contributed by atoms with Gasteiger partial charge in [-0.1, -0.05) is 12.1 Å². The molecule has 86 valence electrons. The molecule has 0 aliphatic carbocycles. The first kappa shape index (κ1) is 12.7. The van der Waals surface area contributed by atoms with Crippen molar-refractivity contribution >= 4 is 23.2 Å². The van der Waals surface area contributed by atoms with E-state index in [2.05, 4.69) is 0 Å². The van der Waals surface area contributed by atoms with E-state index < -0.39 is 9.67 Å². The van der Waals surface area contributed by atoms with Gasteiger partial charge < -0.3 is 0 Å². The summed E-state index contributed by atoms with van der Waals surface area (Å²) in [7, 11) is 0. The maximum absolute atomic E-state index is 11.4. The summed E-state index contributed by atoms with van der Waals surface area (Å²) < 4.78 is -0.647. The van der Waals surface area contributed by atoms with E-state index in [1.54, 1.807) is 32.0 Å². The van der Waals surface area contributed by atoms with Crippen molar-refractivity contribution in [1.82, 2.24) is 0 Å². The minimum Gasteiger partial charge on any atom is -0.298 e. The summed E-state index contributed by atoms with van der Waals surface area (Å²) in [5.74, 6) is -0.00403. The standard InChI is InChI=1S/C11H13NO3S/c1-8(13)11(2,3)16-10-7-5-4-6-9(10)12(14)15/h4-7H,1-3H3. The Labute approximate surface area is 98.2 Å². The first-order chi connectivity index (χ1) is 7.34. The van der Waals surface area contributed by atoms with Crippen molar-refractivity contribution in [3.8, 4) is 0 Å². The van der Waals surface area contributed by atoms with Crippen LogP contribution in [0.2, 0.25) is 0 Å². The van der Waals surface area contributed by atoms with Crippen LogP contribution in [-0.2, 0) is 4.79 Å². The minimum absolute atomic E-state index is 0.00403. The summed E-state index contributed by atoms with van der Waals surface area (Å²) in [6.45, 7) is 5.01. The third kappa shape index (κ3) is 2.82. The molecule has 0 fully saturated rings. The van der Waals surface area contributed by atoms with Crippen LogP contribution in [0, 0.1) is 10.1 Å². The highest BCUT2D eigenvalue weighted by Crippen LogP contribution is 2.38. The number of nitro benzene ring substituents is 1. The van der Waals surface area contributed by atoms with Crippen LogP contribution in [0.5, 0.6) is 0 Å². The number of nitrogens with zero attached hydrogens (tertiary/aromatic N) is 1. The van der Waals surface area contributed by atoms with Crippen LogP contribution in [0.15, 0.2) is 29.2 Å². The molecule has 0 saturated carbocycles. The Morgan fingerprint density at radius 1 is 1.38 bits per heavy atom. The molecule has 5 heteroatoms. The van der Waals surface area contributed by atoms with Gasteiger partial charge in [-0.25, -0.2) is 0 Å². The molecule has 0 bridgehead atoms. The van der Waals surface area contributed by atoms with Gasteiger partial charge in [-0.15, -0.1) is 11.8 Å². The maximum Gasteiger partial charge on any atom is 0.282 e. The van der Waals surface area contributed by atoms with Gasteiger partial charge in [0.25, 0.3) is 5.69 Å². The van der Waals surface area contributed by atoms with Gasteiger partial charge in [0.15, 0.2) is 0 Å². The molecule has 0 atom stereocenters. The number of carbonyl (C=O) groups excluding carboxylic acids is 1. The normalized spacial score (nSPS) is 11.2. The molecule has 1 rings (SSSR count). The monoisotopic (exact) mass is 239 g/mol. The van der Waals surface area contributed by atoms with Gasteiger partial charge in [-0.05, 0) is 26.8 Å². The highest BCUT2D eigenvalue weighted by Gasteiger charge is 2.28. The number of hydrogen-bond donors (Lipinski definition) is 0. The van der Waals surface area contributed by atoms with Crippen molar-refractivity contribution < 1.29 is 9.72 Å². The molecule has 4 nitrogen and oxygen atoms in total. The number of benzene rings is 1. The van der Waals surface area contributed by atoms with Gasteiger partial charge in [-0.2, -0.15) is 0 Å². The zero-order valence-corrected chi connectivity index (χ0v) is 10.2. The second kappa shape index (κ2) is 4.65. The van der Waals surface area contributed by atoms with Crippen molar-refractivity contribution in [2.45, 2.75) is 30.4 Å². The molecular weight excluding hydrogens is 226 g/mol. The van der Waals surface area contributed by atoms with Gasteiger partial charge in [0.1, 0.15) is 5.78 Å². The largest absolute Gasteiger partial charge is 0.298 e. The van der Waals surface area contributed by atoms with E-state index in [-0.39, 0.29) is 11.5 Å². The van der Waals surface area contributed by atoms with Crippen LogP contribution in [0.3, 0.4) is 0 Å². The van der Waals surface area contributed by atoms with Crippen LogP contribution in [0.25, 0.3) is 0 Å². The number of thioether (sulfide) groups is 1. The number of carbonyl (C=O) groups is 1. The molecule has 0 heterocycles. The van der Waals surface area contributed by atoms with E-state index >= 15 is 0 Å². The molecule has 0 radical (unpaired) electrons. The highest BCUT2D eigenvalue weighted by molar-refractivity contribution is 8.01. The van der Waals surface area contributed by atoms with Crippen molar-refractivity contribution in [2.75, 3.05) is 0 Å². The molecule has 0 amide bonds. The van der Waals surface area contributed by atoms with Crippen molar-refractivity contribution in [3.63, 3.8) is 0 Å². The van der Waals surface area contributed by atoms with Crippen LogP contribution in [0.1, 0.15) is 20.8 Å². The Hall–Kier alpha value is -1.36. The van der Waals surface area contributed by atoms with Crippen LogP contribution < -0.4 is 0 Å². The van der Waals surface area contributed by atoms with Crippen LogP contribution in [0.4, 0.5) is 5.69 Å². The zero-order chi connectivity index (χ0) is 12.3. The first-order valence-corrected chi connectivity index (χ1v) is 5.59. The Kier molecular flexibility index (Phi) is 3.70. The van der Waals surface area contributed by atoms with Gasteiger partial charge in [0.05, 0.1) is 14.6 Å². The first-order valence-electron chi connectivity index (χ1n) is 4.78. The summed E-state index contributed by atoms with van der Waals surface area (Å²) in [5, 5.41) is 10.8. The number of hydrogen-bond acceptors (Lipinski definition) is 4. The lowest BCUT2D eigenvalue weighted by Crippen LogP contribution is -2.24. The summed E-state index contributed by atoms with van der Waals surface area (Å²) >= 11 is 1.22. The lowest BCUT2D eigenvalue weighted by atomic mass is 10.1. The lowest BCUT2D eigenvalue weighted by molar-refractivity contribution is -0.387. The number of rotatable bonds is 4. The van der Waals surface area contributed by atoms with E-state index in [0.717, 1.165) is 0 Å². The quantitative estimate of drug-likeness (QED) is 0.460. The predicted octanol–water partition coefficient (Wildman–Crippen LogP) is 3.05. The highest BCUT2D eigenvalue weighted by atomic mass is 32.2. The third-order valence-electron chi connectivity index (χ3n) is 2.27. The molecule has 1 aromatic carbocycles. The summed E-state index contributed by atoms with van der Waals surface area (Å²) in [6.07, 6.45) is 0. The van der Waals surface area contributed by atoms with E-state index in [4.69, 9.17) is 0 Å². The van der Waals surface area contributed by atoms with Crippen LogP contribution in [-0.4, -0.2) is 15.5 Å². The van der Waals surface area contributed by atoms with E-state index in [9.17, 15) is 14.9 Å². The maximum atomic E-state index is 11.4. The molecule has 0 saturated heterocycles. The van der Waals surface area contributed by atoms with Crippen molar-refractivity contribution in [1.29, 1.82) is 0 Å². The molecule has 0 aromatic heterocycles. The molecule has 0 unspecified atom stereocenters. The molecule has 16 heavy (non-hydrogen) atoms. The molecule has 0 aliphatic heterocycles. The van der Waals surface area contributed by atoms with Gasteiger partial charge in [0, 0.05) is 6.07 Å². The van der Waals surface area contributed by atoms with E-state index in [1.165, 1.54) is 24.8 Å². The van der Waals surface area contributed by atoms with Crippen molar-refractivity contribution in [3.05, 3.63) is 34.4 Å². The zero-order valence-electron chi connectivity index (χ0n) is 9.39. The smallest absolute Gasteiger partial charge is 0.282 e. The minimum atomic E-state index is -0.647. The molecule has 0 aliphatic rings. The van der Waals surface area contributed by atoms with Gasteiger partial charge in [-0.3, -0.25) is 14.9 Å². The average molecular weight is 239 g/mol. The topological polar surface area (TPSA) is 60.2 Å². The molecule has 0 spiro atoms. The fourth-order valence-corrected chi connectivity index (χ4v) is 2.13. The fourth-order valence-electron chi connectivity index (χ4n) is 1.04.